The van der Waals surface area contributed by atoms with E-state index in [4.69, 9.17) is 9.47 Å². The Morgan fingerprint density at radius 2 is 1.82 bits per heavy atom. The zero-order valence-electron chi connectivity index (χ0n) is 11.4. The molecule has 1 fully saturated rings. The fourth-order valence-corrected chi connectivity index (χ4v) is 2.10. The van der Waals surface area contributed by atoms with Gasteiger partial charge < -0.3 is 14.8 Å². The van der Waals surface area contributed by atoms with Gasteiger partial charge in [0.15, 0.2) is 0 Å². The summed E-state index contributed by atoms with van der Waals surface area (Å²) in [6, 6.07) is 0. The van der Waals surface area contributed by atoms with Crippen LogP contribution in [-0.4, -0.2) is 39.0 Å². The average molecular weight is 243 g/mol. The van der Waals surface area contributed by atoms with Crippen molar-refractivity contribution in [3.8, 4) is 0 Å². The van der Waals surface area contributed by atoms with Crippen molar-refractivity contribution < 1.29 is 9.47 Å². The van der Waals surface area contributed by atoms with Gasteiger partial charge in [-0.25, -0.2) is 0 Å². The number of ether oxygens (including phenoxy) is 2. The van der Waals surface area contributed by atoms with Gasteiger partial charge in [0.25, 0.3) is 0 Å². The minimum atomic E-state index is 0.468. The van der Waals surface area contributed by atoms with Gasteiger partial charge in [-0.15, -0.1) is 0 Å². The second-order valence-corrected chi connectivity index (χ2v) is 4.85. The maximum atomic E-state index is 5.83. The lowest BCUT2D eigenvalue weighted by atomic mass is 10.1. The molecule has 1 heterocycles. The van der Waals surface area contributed by atoms with E-state index in [1.165, 1.54) is 38.6 Å². The van der Waals surface area contributed by atoms with Gasteiger partial charge in [-0.1, -0.05) is 19.8 Å². The topological polar surface area (TPSA) is 30.5 Å². The zero-order chi connectivity index (χ0) is 12.2. The molecular weight excluding hydrogens is 214 g/mol. The molecule has 0 aliphatic carbocycles. The lowest BCUT2D eigenvalue weighted by Crippen LogP contribution is -2.23. The molecule has 0 saturated carbocycles. The van der Waals surface area contributed by atoms with Gasteiger partial charge in [0.05, 0.1) is 6.10 Å². The summed E-state index contributed by atoms with van der Waals surface area (Å²) in [7, 11) is 0. The van der Waals surface area contributed by atoms with E-state index in [1.807, 2.05) is 0 Å². The normalized spacial score (nSPS) is 17.5. The Morgan fingerprint density at radius 1 is 1.06 bits per heavy atom. The summed E-state index contributed by atoms with van der Waals surface area (Å²) in [5.41, 5.74) is 0. The molecule has 0 unspecified atom stereocenters. The molecule has 3 nitrogen and oxygen atoms in total. The molecule has 1 aliphatic rings. The maximum Gasteiger partial charge on any atom is 0.0619 e. The van der Waals surface area contributed by atoms with E-state index < -0.39 is 0 Å². The van der Waals surface area contributed by atoms with Crippen molar-refractivity contribution in [1.29, 1.82) is 0 Å². The first-order valence-corrected chi connectivity index (χ1v) is 7.33. The molecule has 17 heavy (non-hydrogen) atoms. The Morgan fingerprint density at radius 3 is 2.59 bits per heavy atom. The van der Waals surface area contributed by atoms with Crippen LogP contribution in [0.3, 0.4) is 0 Å². The number of unbranched alkanes of at least 4 members (excludes halogenated alkanes) is 3. The molecule has 1 N–H and O–H groups in total. The van der Waals surface area contributed by atoms with E-state index in [9.17, 15) is 0 Å². The summed E-state index contributed by atoms with van der Waals surface area (Å²) in [6.07, 6.45) is 9.02. The minimum absolute atomic E-state index is 0.468. The van der Waals surface area contributed by atoms with Crippen molar-refractivity contribution in [3.05, 3.63) is 0 Å². The third-order valence-electron chi connectivity index (χ3n) is 3.20. The van der Waals surface area contributed by atoms with Crippen LogP contribution in [0, 0.1) is 0 Å². The standard InChI is InChI=1S/C14H29NO2/c1-2-9-15-10-5-3-4-6-11-17-14-7-12-16-13-8-14/h14-15H,2-13H2,1H3. The average Bonchev–Trinajstić information content (AvgIpc) is 2.38. The molecule has 1 saturated heterocycles. The Balaban J connectivity index is 1.75. The molecule has 3 heteroatoms. The second kappa shape index (κ2) is 11.0. The van der Waals surface area contributed by atoms with Crippen LogP contribution < -0.4 is 5.32 Å². The van der Waals surface area contributed by atoms with E-state index in [0.29, 0.717) is 6.10 Å². The van der Waals surface area contributed by atoms with E-state index >= 15 is 0 Å². The first kappa shape index (κ1) is 14.9. The number of nitrogens with one attached hydrogen (secondary N) is 1. The summed E-state index contributed by atoms with van der Waals surface area (Å²) >= 11 is 0. The number of rotatable bonds is 10. The van der Waals surface area contributed by atoms with Crippen LogP contribution in [0.15, 0.2) is 0 Å². The van der Waals surface area contributed by atoms with Crippen molar-refractivity contribution in [1.82, 2.24) is 5.32 Å². The van der Waals surface area contributed by atoms with Crippen molar-refractivity contribution in [2.24, 2.45) is 0 Å². The van der Waals surface area contributed by atoms with Gasteiger partial charge in [-0.2, -0.15) is 0 Å². The summed E-state index contributed by atoms with van der Waals surface area (Å²) < 4.78 is 11.1. The van der Waals surface area contributed by atoms with Crippen molar-refractivity contribution in [3.63, 3.8) is 0 Å². The molecule has 0 atom stereocenters. The minimum Gasteiger partial charge on any atom is -0.381 e. The Bertz CT molecular complexity index is 158. The Labute approximate surface area is 106 Å². The number of hydrogen-bond donors (Lipinski definition) is 1. The predicted molar refractivity (Wildman–Crippen MR) is 71.4 cm³/mol. The van der Waals surface area contributed by atoms with Crippen LogP contribution in [0.2, 0.25) is 0 Å². The van der Waals surface area contributed by atoms with Crippen LogP contribution in [0.1, 0.15) is 51.9 Å². The molecule has 1 rings (SSSR count). The van der Waals surface area contributed by atoms with Crippen LogP contribution in [0.5, 0.6) is 0 Å². The van der Waals surface area contributed by atoms with Crippen molar-refractivity contribution >= 4 is 0 Å². The predicted octanol–water partition coefficient (Wildman–Crippen LogP) is 2.74. The highest BCUT2D eigenvalue weighted by Crippen LogP contribution is 2.11. The molecule has 0 aromatic carbocycles. The summed E-state index contributed by atoms with van der Waals surface area (Å²) in [5.74, 6) is 0. The largest absolute Gasteiger partial charge is 0.381 e. The van der Waals surface area contributed by atoms with Gasteiger partial charge in [0, 0.05) is 19.8 Å². The highest BCUT2D eigenvalue weighted by atomic mass is 16.5. The number of hydrogen-bond acceptors (Lipinski definition) is 3. The SMILES string of the molecule is CCCNCCCCCCOC1CCOCC1. The van der Waals surface area contributed by atoms with Gasteiger partial charge in [0.2, 0.25) is 0 Å². The fourth-order valence-electron chi connectivity index (χ4n) is 2.10. The molecule has 0 amide bonds. The van der Waals surface area contributed by atoms with E-state index in [1.54, 1.807) is 0 Å². The Hall–Kier alpha value is -0.120. The second-order valence-electron chi connectivity index (χ2n) is 4.85. The third-order valence-corrected chi connectivity index (χ3v) is 3.20. The van der Waals surface area contributed by atoms with E-state index in [-0.39, 0.29) is 0 Å². The quantitative estimate of drug-likeness (QED) is 0.598. The van der Waals surface area contributed by atoms with Crippen LogP contribution in [0.25, 0.3) is 0 Å². The molecule has 0 aromatic rings. The molecule has 0 spiro atoms. The first-order valence-electron chi connectivity index (χ1n) is 7.33. The summed E-state index contributed by atoms with van der Waals surface area (Å²) in [6.45, 7) is 7.25. The van der Waals surface area contributed by atoms with Crippen LogP contribution in [-0.2, 0) is 9.47 Å². The molecule has 0 radical (unpaired) electrons. The molecular formula is C14H29NO2. The van der Waals surface area contributed by atoms with Crippen molar-refractivity contribution in [2.75, 3.05) is 32.9 Å². The van der Waals surface area contributed by atoms with E-state index in [2.05, 4.69) is 12.2 Å². The fraction of sp³-hybridized carbons (Fsp3) is 1.00. The Kier molecular flexibility index (Phi) is 9.66. The molecule has 1 aliphatic heterocycles. The highest BCUT2D eigenvalue weighted by Gasteiger charge is 2.13. The van der Waals surface area contributed by atoms with Gasteiger partial charge in [0.1, 0.15) is 0 Å². The van der Waals surface area contributed by atoms with Gasteiger partial charge in [-0.05, 0) is 45.2 Å². The molecule has 0 aromatic heterocycles. The van der Waals surface area contributed by atoms with E-state index in [0.717, 1.165) is 39.2 Å². The van der Waals surface area contributed by atoms with Crippen LogP contribution >= 0.6 is 0 Å². The van der Waals surface area contributed by atoms with Gasteiger partial charge >= 0.3 is 0 Å². The lowest BCUT2D eigenvalue weighted by molar-refractivity contribution is -0.0327. The molecule has 102 valence electrons. The first-order chi connectivity index (χ1) is 8.43. The molecule has 0 bridgehead atoms. The van der Waals surface area contributed by atoms with Gasteiger partial charge in [-0.3, -0.25) is 0 Å². The highest BCUT2D eigenvalue weighted by molar-refractivity contribution is 4.62. The zero-order valence-corrected chi connectivity index (χ0v) is 11.4. The lowest BCUT2D eigenvalue weighted by Gasteiger charge is -2.22. The monoisotopic (exact) mass is 243 g/mol. The third kappa shape index (κ3) is 8.58. The maximum absolute atomic E-state index is 5.83. The smallest absolute Gasteiger partial charge is 0.0619 e. The van der Waals surface area contributed by atoms with Crippen LogP contribution in [0.4, 0.5) is 0 Å². The summed E-state index contributed by atoms with van der Waals surface area (Å²) in [4.78, 5) is 0. The summed E-state index contributed by atoms with van der Waals surface area (Å²) in [5, 5.41) is 3.43. The van der Waals surface area contributed by atoms with Crippen molar-refractivity contribution in [2.45, 2.75) is 58.0 Å².